The maximum absolute atomic E-state index is 10.4. The molecule has 0 spiro atoms. The summed E-state index contributed by atoms with van der Waals surface area (Å²) in [5, 5.41) is 8.37. The van der Waals surface area contributed by atoms with Crippen LogP contribution in [0.3, 0.4) is 0 Å². The van der Waals surface area contributed by atoms with Crippen LogP contribution in [0.2, 0.25) is 0 Å². The van der Waals surface area contributed by atoms with E-state index in [0.717, 1.165) is 17.6 Å². The van der Waals surface area contributed by atoms with Gasteiger partial charge in [-0.1, -0.05) is 0 Å². The Kier molecular flexibility index (Phi) is 1.86. The molecule has 58 valence electrons. The van der Waals surface area contributed by atoms with E-state index in [1.165, 1.54) is 0 Å². The van der Waals surface area contributed by atoms with Crippen molar-refractivity contribution in [3.63, 3.8) is 0 Å². The number of carbonyl (C=O) groups is 2. The summed E-state index contributed by atoms with van der Waals surface area (Å²) in [7, 11) is 0. The van der Waals surface area contributed by atoms with Crippen LogP contribution in [-0.2, 0) is 0 Å². The normalized spacial score (nSPS) is 9.45. The van der Waals surface area contributed by atoms with Crippen molar-refractivity contribution < 1.29 is 14.7 Å². The zero-order valence-corrected chi connectivity index (χ0v) is 6.09. The first kappa shape index (κ1) is 7.67. The number of hydrogen-bond acceptors (Lipinski definition) is 4. The first-order chi connectivity index (χ1) is 5.11. The average Bonchev–Trinajstić information content (AvgIpc) is 2.33. The van der Waals surface area contributed by atoms with Crippen LogP contribution < -0.4 is 5.73 Å². The molecule has 11 heavy (non-hydrogen) atoms. The third-order valence-corrected chi connectivity index (χ3v) is 1.78. The Hall–Kier alpha value is -1.43. The van der Waals surface area contributed by atoms with Crippen LogP contribution >= 0.6 is 11.5 Å². The van der Waals surface area contributed by atoms with Gasteiger partial charge in [0, 0.05) is 0 Å². The zero-order valence-electron chi connectivity index (χ0n) is 5.27. The van der Waals surface area contributed by atoms with Gasteiger partial charge in [0.2, 0.25) is 0 Å². The van der Waals surface area contributed by atoms with Gasteiger partial charge in [-0.3, -0.25) is 4.79 Å². The molecule has 0 saturated carbocycles. The van der Waals surface area contributed by atoms with E-state index in [2.05, 4.69) is 4.37 Å². The van der Waals surface area contributed by atoms with Crippen molar-refractivity contribution in [2.75, 3.05) is 0 Å². The number of rotatable bonds is 2. The highest BCUT2D eigenvalue weighted by molar-refractivity contribution is 7.08. The van der Waals surface area contributed by atoms with Gasteiger partial charge in [0.05, 0.1) is 0 Å². The molecule has 0 aliphatic rings. The predicted octanol–water partition coefficient (Wildman–Crippen LogP) is -0.0598. The topological polar surface area (TPSA) is 93.3 Å². The van der Waals surface area contributed by atoms with Crippen molar-refractivity contribution in [1.29, 1.82) is 0 Å². The molecule has 0 saturated heterocycles. The van der Waals surface area contributed by atoms with Crippen molar-refractivity contribution in [2.24, 2.45) is 5.73 Å². The van der Waals surface area contributed by atoms with Crippen LogP contribution in [0.25, 0.3) is 0 Å². The minimum atomic E-state index is -1.16. The fourth-order valence-corrected chi connectivity index (χ4v) is 1.07. The maximum Gasteiger partial charge on any atom is 0.355 e. The van der Waals surface area contributed by atoms with E-state index < -0.39 is 11.9 Å². The van der Waals surface area contributed by atoms with E-state index in [1.54, 1.807) is 0 Å². The lowest BCUT2D eigenvalue weighted by Gasteiger charge is -1.80. The second kappa shape index (κ2) is 2.67. The highest BCUT2D eigenvalue weighted by atomic mass is 32.1. The number of hydrogen-bond donors (Lipinski definition) is 2. The van der Waals surface area contributed by atoms with Crippen molar-refractivity contribution in [2.45, 2.75) is 0 Å². The lowest BCUT2D eigenvalue weighted by molar-refractivity contribution is 0.0692. The Morgan fingerprint density at radius 1 is 1.64 bits per heavy atom. The summed E-state index contributed by atoms with van der Waals surface area (Å²) in [4.78, 5) is 20.8. The van der Waals surface area contributed by atoms with Gasteiger partial charge in [-0.2, -0.15) is 4.37 Å². The molecular weight excluding hydrogens is 168 g/mol. The summed E-state index contributed by atoms with van der Waals surface area (Å²) in [6, 6.07) is 1.15. The largest absolute Gasteiger partial charge is 0.476 e. The first-order valence-corrected chi connectivity index (χ1v) is 3.38. The molecule has 1 amide bonds. The van der Waals surface area contributed by atoms with Gasteiger partial charge in [0.1, 0.15) is 4.88 Å². The van der Waals surface area contributed by atoms with Crippen molar-refractivity contribution in [3.05, 3.63) is 16.6 Å². The minimum absolute atomic E-state index is 0.149. The highest BCUT2D eigenvalue weighted by Crippen LogP contribution is 2.08. The lowest BCUT2D eigenvalue weighted by Crippen LogP contribution is -2.08. The number of carboxylic acid groups (broad SMARTS) is 1. The first-order valence-electron chi connectivity index (χ1n) is 2.61. The quantitative estimate of drug-likeness (QED) is 0.653. The summed E-state index contributed by atoms with van der Waals surface area (Å²) in [5.41, 5.74) is 4.72. The van der Waals surface area contributed by atoms with Gasteiger partial charge in [-0.05, 0) is 17.6 Å². The summed E-state index contributed by atoms with van der Waals surface area (Å²) in [5.74, 6) is -1.82. The second-order valence-corrected chi connectivity index (χ2v) is 2.55. The highest BCUT2D eigenvalue weighted by Gasteiger charge is 2.11. The van der Waals surface area contributed by atoms with E-state index in [4.69, 9.17) is 10.8 Å². The zero-order chi connectivity index (χ0) is 8.43. The minimum Gasteiger partial charge on any atom is -0.476 e. The van der Waals surface area contributed by atoms with Crippen LogP contribution in [-0.4, -0.2) is 21.4 Å². The fourth-order valence-electron chi connectivity index (χ4n) is 0.492. The molecule has 0 atom stereocenters. The Balaban J connectivity index is 2.99. The molecule has 1 aromatic rings. The van der Waals surface area contributed by atoms with Gasteiger partial charge in [0.25, 0.3) is 5.91 Å². The molecule has 5 nitrogen and oxygen atoms in total. The fraction of sp³-hybridized carbons (Fsp3) is 0. The van der Waals surface area contributed by atoms with Crippen LogP contribution in [0, 0.1) is 0 Å². The average molecular weight is 172 g/mol. The molecule has 1 heterocycles. The smallest absolute Gasteiger partial charge is 0.355 e. The number of primary amides is 1. The third kappa shape index (κ3) is 1.53. The van der Waals surface area contributed by atoms with E-state index in [-0.39, 0.29) is 10.6 Å². The molecule has 3 N–H and O–H groups in total. The van der Waals surface area contributed by atoms with Crippen LogP contribution in [0.15, 0.2) is 6.07 Å². The molecule has 1 rings (SSSR count). The standard InChI is InChI=1S/C5H4N2O3S/c6-4(8)3-1-2(5(9)10)7-11-3/h1H,(H2,6,8)(H,9,10). The number of amides is 1. The van der Waals surface area contributed by atoms with Gasteiger partial charge < -0.3 is 10.8 Å². The Bertz CT molecular complexity index is 278. The summed E-state index contributed by atoms with van der Waals surface area (Å²) in [6.07, 6.45) is 0. The van der Waals surface area contributed by atoms with E-state index >= 15 is 0 Å². The number of carboxylic acids is 1. The van der Waals surface area contributed by atoms with E-state index in [1.807, 2.05) is 0 Å². The Morgan fingerprint density at radius 2 is 2.27 bits per heavy atom. The lowest BCUT2D eigenvalue weighted by atomic mass is 10.4. The summed E-state index contributed by atoms with van der Waals surface area (Å²) >= 11 is 0.781. The van der Waals surface area contributed by atoms with Crippen LogP contribution in [0.4, 0.5) is 0 Å². The number of nitrogens with two attached hydrogens (primary N) is 1. The summed E-state index contributed by atoms with van der Waals surface area (Å²) in [6.45, 7) is 0. The molecule has 0 fully saturated rings. The predicted molar refractivity (Wildman–Crippen MR) is 37.6 cm³/mol. The molecule has 0 aliphatic heterocycles. The monoisotopic (exact) mass is 172 g/mol. The second-order valence-electron chi connectivity index (χ2n) is 1.75. The SMILES string of the molecule is NC(=O)c1cc(C(=O)O)ns1. The molecule has 0 radical (unpaired) electrons. The van der Waals surface area contributed by atoms with Crippen molar-refractivity contribution in [3.8, 4) is 0 Å². The van der Waals surface area contributed by atoms with Crippen LogP contribution in [0.1, 0.15) is 20.2 Å². The molecule has 0 aliphatic carbocycles. The summed E-state index contributed by atoms with van der Waals surface area (Å²) < 4.78 is 3.48. The number of carbonyl (C=O) groups excluding carboxylic acids is 1. The number of nitrogens with zero attached hydrogens (tertiary/aromatic N) is 1. The van der Waals surface area contributed by atoms with E-state index in [9.17, 15) is 9.59 Å². The van der Waals surface area contributed by atoms with Gasteiger partial charge >= 0.3 is 5.97 Å². The number of aromatic nitrogens is 1. The van der Waals surface area contributed by atoms with Gasteiger partial charge in [0.15, 0.2) is 5.69 Å². The van der Waals surface area contributed by atoms with Crippen molar-refractivity contribution >= 4 is 23.4 Å². The molecule has 0 aromatic carbocycles. The molecular formula is C5H4N2O3S. The van der Waals surface area contributed by atoms with Gasteiger partial charge in [-0.15, -0.1) is 0 Å². The third-order valence-electron chi connectivity index (χ3n) is 0.972. The Labute approximate surface area is 65.6 Å². The maximum atomic E-state index is 10.4. The Morgan fingerprint density at radius 3 is 2.55 bits per heavy atom. The molecule has 1 aromatic heterocycles. The van der Waals surface area contributed by atoms with E-state index in [0.29, 0.717) is 0 Å². The van der Waals surface area contributed by atoms with Gasteiger partial charge in [-0.25, -0.2) is 4.79 Å². The van der Waals surface area contributed by atoms with Crippen molar-refractivity contribution in [1.82, 2.24) is 4.37 Å². The number of aromatic carboxylic acids is 1. The van der Waals surface area contributed by atoms with Crippen LogP contribution in [0.5, 0.6) is 0 Å². The molecule has 6 heteroatoms. The molecule has 0 bridgehead atoms. The molecule has 0 unspecified atom stereocenters.